The number of hydrogen-bond donors (Lipinski definition) is 2. The minimum absolute atomic E-state index is 0.147. The highest BCUT2D eigenvalue weighted by atomic mass is 79.9. The van der Waals surface area contributed by atoms with Crippen molar-refractivity contribution in [2.75, 3.05) is 6.54 Å². The van der Waals surface area contributed by atoms with Crippen molar-refractivity contribution < 1.29 is 9.50 Å². The monoisotopic (exact) mass is 323 g/mol. The van der Waals surface area contributed by atoms with Gasteiger partial charge in [-0.15, -0.1) is 0 Å². The van der Waals surface area contributed by atoms with Gasteiger partial charge in [-0.2, -0.15) is 0 Å². The minimum Gasteiger partial charge on any atom is -0.391 e. The van der Waals surface area contributed by atoms with Crippen LogP contribution in [-0.2, 0) is 0 Å². The average Bonchev–Trinajstić information content (AvgIpc) is 2.44. The molecule has 0 amide bonds. The van der Waals surface area contributed by atoms with Crippen molar-refractivity contribution in [2.45, 2.75) is 12.0 Å². The lowest BCUT2D eigenvalue weighted by atomic mass is 9.86. The van der Waals surface area contributed by atoms with Gasteiger partial charge in [-0.25, -0.2) is 4.39 Å². The molecule has 0 saturated heterocycles. The Hall–Kier alpha value is -1.23. The van der Waals surface area contributed by atoms with E-state index in [1.807, 2.05) is 30.3 Å². The van der Waals surface area contributed by atoms with E-state index in [9.17, 15) is 9.50 Å². The highest BCUT2D eigenvalue weighted by Crippen LogP contribution is 2.30. The molecule has 3 N–H and O–H groups in total. The molecule has 0 aromatic heterocycles. The Kier molecular flexibility index (Phi) is 4.69. The zero-order valence-electron chi connectivity index (χ0n) is 10.3. The molecule has 2 atom stereocenters. The number of nitrogens with two attached hydrogens (primary N) is 1. The molecule has 2 aromatic rings. The van der Waals surface area contributed by atoms with E-state index in [1.54, 1.807) is 12.1 Å². The number of halogens is 2. The summed E-state index contributed by atoms with van der Waals surface area (Å²) in [5.41, 5.74) is 7.37. The normalized spacial score (nSPS) is 14.1. The van der Waals surface area contributed by atoms with Gasteiger partial charge in [0.05, 0.1) is 10.6 Å². The van der Waals surface area contributed by atoms with Gasteiger partial charge in [0.25, 0.3) is 0 Å². The van der Waals surface area contributed by atoms with Crippen molar-refractivity contribution in [1.29, 1.82) is 0 Å². The van der Waals surface area contributed by atoms with Gasteiger partial charge in [-0.3, -0.25) is 0 Å². The molecule has 0 bridgehead atoms. The van der Waals surface area contributed by atoms with Crippen LogP contribution in [0.4, 0.5) is 4.39 Å². The Balaban J connectivity index is 2.46. The van der Waals surface area contributed by atoms with Gasteiger partial charge in [-0.05, 0) is 39.2 Å². The van der Waals surface area contributed by atoms with Gasteiger partial charge in [0, 0.05) is 12.5 Å². The van der Waals surface area contributed by atoms with Gasteiger partial charge >= 0.3 is 0 Å². The molecule has 0 aliphatic heterocycles. The highest BCUT2D eigenvalue weighted by Gasteiger charge is 2.22. The number of hydrogen-bond acceptors (Lipinski definition) is 2. The fourth-order valence-corrected chi connectivity index (χ4v) is 2.54. The Labute approximate surface area is 120 Å². The molecule has 100 valence electrons. The van der Waals surface area contributed by atoms with Crippen LogP contribution in [0.5, 0.6) is 0 Å². The number of rotatable bonds is 4. The van der Waals surface area contributed by atoms with Crippen molar-refractivity contribution in [3.63, 3.8) is 0 Å². The van der Waals surface area contributed by atoms with Crippen LogP contribution in [0.1, 0.15) is 17.0 Å². The van der Waals surface area contributed by atoms with E-state index in [0.717, 1.165) is 11.1 Å². The maximum Gasteiger partial charge on any atom is 0.137 e. The molecule has 0 radical (unpaired) electrons. The van der Waals surface area contributed by atoms with E-state index in [4.69, 9.17) is 5.73 Å². The maximum atomic E-state index is 13.3. The Bertz CT molecular complexity index is 547. The largest absolute Gasteiger partial charge is 0.391 e. The van der Waals surface area contributed by atoms with Crippen molar-refractivity contribution >= 4 is 15.9 Å². The SMILES string of the molecule is NC[C@H](O)[C@H](c1ccccc1)c1ccc(F)c(Br)c1. The minimum atomic E-state index is -0.709. The van der Waals surface area contributed by atoms with Gasteiger partial charge in [0.2, 0.25) is 0 Å². The summed E-state index contributed by atoms with van der Waals surface area (Å²) in [6, 6.07) is 14.3. The fourth-order valence-electron chi connectivity index (χ4n) is 2.14. The lowest BCUT2D eigenvalue weighted by Gasteiger charge is -2.23. The van der Waals surface area contributed by atoms with Crippen molar-refractivity contribution in [3.8, 4) is 0 Å². The first kappa shape index (κ1) is 14.2. The second-order valence-electron chi connectivity index (χ2n) is 4.36. The third-order valence-corrected chi connectivity index (χ3v) is 3.70. The second kappa shape index (κ2) is 6.28. The van der Waals surface area contributed by atoms with E-state index < -0.39 is 6.10 Å². The molecule has 0 saturated carbocycles. The molecule has 2 aromatic carbocycles. The van der Waals surface area contributed by atoms with Crippen LogP contribution in [0, 0.1) is 5.82 Å². The van der Waals surface area contributed by atoms with Crippen LogP contribution in [-0.4, -0.2) is 17.8 Å². The predicted molar refractivity (Wildman–Crippen MR) is 77.4 cm³/mol. The summed E-state index contributed by atoms with van der Waals surface area (Å²) in [6.45, 7) is 0.147. The summed E-state index contributed by atoms with van der Waals surface area (Å²) in [7, 11) is 0. The smallest absolute Gasteiger partial charge is 0.137 e. The Morgan fingerprint density at radius 2 is 1.79 bits per heavy atom. The average molecular weight is 324 g/mol. The van der Waals surface area contributed by atoms with Gasteiger partial charge in [0.1, 0.15) is 5.82 Å². The van der Waals surface area contributed by atoms with Crippen molar-refractivity contribution in [2.24, 2.45) is 5.73 Å². The molecule has 2 nitrogen and oxygen atoms in total. The van der Waals surface area contributed by atoms with Gasteiger partial charge < -0.3 is 10.8 Å². The lowest BCUT2D eigenvalue weighted by Crippen LogP contribution is -2.28. The van der Waals surface area contributed by atoms with Crippen LogP contribution < -0.4 is 5.73 Å². The molecule has 0 spiro atoms. The standard InChI is InChI=1S/C15H15BrFNO/c16-12-8-11(6-7-13(12)17)15(14(19)9-18)10-4-2-1-3-5-10/h1-8,14-15,19H,9,18H2/t14-,15+/m0/s1. The van der Waals surface area contributed by atoms with Crippen LogP contribution >= 0.6 is 15.9 Å². The zero-order valence-corrected chi connectivity index (χ0v) is 11.8. The van der Waals surface area contributed by atoms with E-state index in [0.29, 0.717) is 4.47 Å². The molecule has 2 rings (SSSR count). The van der Waals surface area contributed by atoms with Crippen LogP contribution in [0.2, 0.25) is 0 Å². The topological polar surface area (TPSA) is 46.2 Å². The second-order valence-corrected chi connectivity index (χ2v) is 5.22. The van der Waals surface area contributed by atoms with E-state index in [1.165, 1.54) is 6.07 Å². The molecule has 0 fully saturated rings. The molecule has 0 aliphatic rings. The predicted octanol–water partition coefficient (Wildman–Crippen LogP) is 3.04. The highest BCUT2D eigenvalue weighted by molar-refractivity contribution is 9.10. The van der Waals surface area contributed by atoms with E-state index in [-0.39, 0.29) is 18.3 Å². The van der Waals surface area contributed by atoms with E-state index >= 15 is 0 Å². The summed E-state index contributed by atoms with van der Waals surface area (Å²) in [5.74, 6) is -0.583. The Morgan fingerprint density at radius 3 is 2.37 bits per heavy atom. The maximum absolute atomic E-state index is 13.3. The molecule has 0 aliphatic carbocycles. The first-order valence-corrected chi connectivity index (χ1v) is 6.81. The van der Waals surface area contributed by atoms with Crippen molar-refractivity contribution in [1.82, 2.24) is 0 Å². The van der Waals surface area contributed by atoms with Crippen LogP contribution in [0.15, 0.2) is 53.0 Å². The summed E-state index contributed by atoms with van der Waals surface area (Å²) in [4.78, 5) is 0. The van der Waals surface area contributed by atoms with Gasteiger partial charge in [-0.1, -0.05) is 36.4 Å². The Morgan fingerprint density at radius 1 is 1.11 bits per heavy atom. The summed E-state index contributed by atoms with van der Waals surface area (Å²) in [5, 5.41) is 10.2. The van der Waals surface area contributed by atoms with Crippen LogP contribution in [0.3, 0.4) is 0 Å². The first-order chi connectivity index (χ1) is 9.13. The number of aliphatic hydroxyl groups is 1. The number of benzene rings is 2. The molecular weight excluding hydrogens is 309 g/mol. The number of aliphatic hydroxyl groups excluding tert-OH is 1. The summed E-state index contributed by atoms with van der Waals surface area (Å²) < 4.78 is 13.7. The quantitative estimate of drug-likeness (QED) is 0.908. The summed E-state index contributed by atoms with van der Waals surface area (Å²) >= 11 is 3.17. The van der Waals surface area contributed by atoms with Gasteiger partial charge in [0.15, 0.2) is 0 Å². The molecule has 19 heavy (non-hydrogen) atoms. The summed E-state index contributed by atoms with van der Waals surface area (Å²) in [6.07, 6.45) is -0.709. The van der Waals surface area contributed by atoms with Crippen molar-refractivity contribution in [3.05, 3.63) is 69.9 Å². The molecule has 4 heteroatoms. The van der Waals surface area contributed by atoms with Crippen LogP contribution in [0.25, 0.3) is 0 Å². The third kappa shape index (κ3) is 3.21. The molecular formula is C15H15BrFNO. The molecule has 0 unspecified atom stereocenters. The third-order valence-electron chi connectivity index (χ3n) is 3.09. The molecule has 0 heterocycles. The fraction of sp³-hybridized carbons (Fsp3) is 0.200. The first-order valence-electron chi connectivity index (χ1n) is 6.01. The zero-order chi connectivity index (χ0) is 13.8. The van der Waals surface area contributed by atoms with E-state index in [2.05, 4.69) is 15.9 Å². The lowest BCUT2D eigenvalue weighted by molar-refractivity contribution is 0.164.